The van der Waals surface area contributed by atoms with E-state index in [9.17, 15) is 31.2 Å². The molecule has 0 radical (unpaired) electrons. The molecule has 0 saturated carbocycles. The van der Waals surface area contributed by atoms with Gasteiger partial charge < -0.3 is 10.5 Å². The van der Waals surface area contributed by atoms with E-state index in [1.165, 1.54) is 0 Å². The number of nitrogens with zero attached hydrogens (tertiary/aromatic N) is 1. The highest BCUT2D eigenvalue weighted by Crippen LogP contribution is 2.41. The van der Waals surface area contributed by atoms with Crippen molar-refractivity contribution in [2.24, 2.45) is 5.73 Å². The maximum Gasteiger partial charge on any atom is 0.543 e. The second-order valence-corrected chi connectivity index (χ2v) is 11.6. The number of ether oxygens (including phenoxy) is 1. The molecule has 2 aliphatic rings. The van der Waals surface area contributed by atoms with Crippen molar-refractivity contribution in [3.63, 3.8) is 0 Å². The highest BCUT2D eigenvalue weighted by Gasteiger charge is 2.70. The first-order valence-electron chi connectivity index (χ1n) is 7.85. The topological polar surface area (TPSA) is 107 Å². The summed E-state index contributed by atoms with van der Waals surface area (Å²) in [5.41, 5.74) is 0.674. The van der Waals surface area contributed by atoms with E-state index in [2.05, 4.69) is 0 Å². The van der Waals surface area contributed by atoms with Crippen LogP contribution in [0.25, 0.3) is 0 Å². The Morgan fingerprint density at radius 2 is 1.93 bits per heavy atom. The van der Waals surface area contributed by atoms with Crippen LogP contribution in [0.1, 0.15) is 12.0 Å². The van der Waals surface area contributed by atoms with Crippen LogP contribution >= 0.6 is 0 Å². The maximum atomic E-state index is 13.1. The van der Waals surface area contributed by atoms with E-state index in [-0.39, 0.29) is 13.0 Å². The molecule has 1 amide bonds. The lowest BCUT2D eigenvalue weighted by Crippen LogP contribution is -2.76. The van der Waals surface area contributed by atoms with Gasteiger partial charge in [0.15, 0.2) is 9.93 Å². The smallest absolute Gasteiger partial charge is 0.456 e. The number of nitrogens with two attached hydrogens (primary N) is 1. The van der Waals surface area contributed by atoms with Crippen LogP contribution in [-0.2, 0) is 39.7 Å². The van der Waals surface area contributed by atoms with Gasteiger partial charge in [0.05, 0.1) is 6.04 Å². The van der Waals surface area contributed by atoms with Gasteiger partial charge in [-0.15, -0.1) is 0 Å². The van der Waals surface area contributed by atoms with E-state index in [1.54, 1.807) is 30.3 Å². The van der Waals surface area contributed by atoms with Gasteiger partial charge >= 0.3 is 25.7 Å². The summed E-state index contributed by atoms with van der Waals surface area (Å²) in [5, 5.41) is -1.84. The SMILES string of the molecule is NC1C(=O)N2C1CC[S+](S(=O)(=O)C(F)(F)F)C2C(=O)OCc1ccccc1. The van der Waals surface area contributed by atoms with Gasteiger partial charge in [-0.05, 0) is 5.56 Å². The lowest BCUT2D eigenvalue weighted by atomic mass is 9.93. The third-order valence-corrected chi connectivity index (χ3v) is 10.4. The van der Waals surface area contributed by atoms with Gasteiger partial charge in [0.25, 0.3) is 0 Å². The molecule has 2 saturated heterocycles. The van der Waals surface area contributed by atoms with Crippen molar-refractivity contribution in [2.75, 3.05) is 5.75 Å². The number of benzene rings is 1. The zero-order valence-corrected chi connectivity index (χ0v) is 15.4. The zero-order chi connectivity index (χ0) is 20.0. The van der Waals surface area contributed by atoms with Crippen molar-refractivity contribution in [3.05, 3.63) is 35.9 Å². The molecule has 2 aliphatic heterocycles. The van der Waals surface area contributed by atoms with Crippen LogP contribution in [0.15, 0.2) is 30.3 Å². The number of hydrogen-bond acceptors (Lipinski definition) is 6. The van der Waals surface area contributed by atoms with Crippen LogP contribution < -0.4 is 5.73 Å². The Morgan fingerprint density at radius 3 is 2.52 bits per heavy atom. The van der Waals surface area contributed by atoms with E-state index < -0.39 is 59.4 Å². The monoisotopic (exact) mass is 425 g/mol. The van der Waals surface area contributed by atoms with E-state index >= 15 is 0 Å². The summed E-state index contributed by atoms with van der Waals surface area (Å²) < 4.78 is 68.2. The summed E-state index contributed by atoms with van der Waals surface area (Å²) in [6, 6.07) is 6.73. The molecule has 2 fully saturated rings. The number of esters is 1. The largest absolute Gasteiger partial charge is 0.543 e. The minimum Gasteiger partial charge on any atom is -0.456 e. The minimum absolute atomic E-state index is 0.0200. The highest BCUT2D eigenvalue weighted by atomic mass is 33.2. The van der Waals surface area contributed by atoms with E-state index in [0.717, 1.165) is 4.90 Å². The summed E-state index contributed by atoms with van der Waals surface area (Å²) in [4.78, 5) is 25.4. The Hall–Kier alpha value is -1.79. The van der Waals surface area contributed by atoms with Gasteiger partial charge in [0, 0.05) is 6.42 Å². The molecular weight excluding hydrogens is 409 g/mol. The van der Waals surface area contributed by atoms with E-state index in [4.69, 9.17) is 10.5 Å². The minimum atomic E-state index is -5.65. The molecule has 1 aromatic carbocycles. The van der Waals surface area contributed by atoms with Gasteiger partial charge in [-0.2, -0.15) is 21.6 Å². The van der Waals surface area contributed by atoms with Crippen molar-refractivity contribution in [3.8, 4) is 0 Å². The first-order chi connectivity index (χ1) is 12.6. The fourth-order valence-corrected chi connectivity index (χ4v) is 8.15. The van der Waals surface area contributed by atoms with Crippen LogP contribution in [0.3, 0.4) is 0 Å². The average Bonchev–Trinajstić information content (AvgIpc) is 2.64. The standard InChI is InChI=1S/C15H16F3N2O5S2/c16-15(17,18)27(23,24)26-7-6-10-11(19)12(21)20(10)13(26)14(22)25-8-9-4-2-1-3-5-9/h1-5,10-11,13H,6-8,19H2/q+1. The number of carbonyl (C=O) groups excluding carboxylic acids is 2. The van der Waals surface area contributed by atoms with Crippen LogP contribution in [0.5, 0.6) is 0 Å². The predicted octanol–water partition coefficient (Wildman–Crippen LogP) is 0.466. The highest BCUT2D eigenvalue weighted by molar-refractivity contribution is 8.70. The molecule has 0 aliphatic carbocycles. The molecule has 4 atom stereocenters. The van der Waals surface area contributed by atoms with Crippen LogP contribution in [-0.4, -0.2) is 53.9 Å². The maximum absolute atomic E-state index is 13.1. The second-order valence-electron chi connectivity index (χ2n) is 6.06. The number of alkyl halides is 3. The molecule has 3 rings (SSSR count). The quantitative estimate of drug-likeness (QED) is 0.325. The lowest BCUT2D eigenvalue weighted by molar-refractivity contribution is -0.163. The van der Waals surface area contributed by atoms with Crippen molar-refractivity contribution in [1.82, 2.24) is 4.90 Å². The molecule has 7 nitrogen and oxygen atoms in total. The Morgan fingerprint density at radius 1 is 1.30 bits per heavy atom. The number of amides is 1. The van der Waals surface area contributed by atoms with E-state index in [1.807, 2.05) is 0 Å². The first kappa shape index (κ1) is 20.0. The summed E-state index contributed by atoms with van der Waals surface area (Å²) in [7, 11) is -8.11. The first-order valence-corrected chi connectivity index (χ1v) is 11.3. The van der Waals surface area contributed by atoms with Gasteiger partial charge in [-0.3, -0.25) is 9.69 Å². The Bertz CT molecular complexity index is 847. The van der Waals surface area contributed by atoms with Crippen LogP contribution in [0.4, 0.5) is 13.2 Å². The predicted molar refractivity (Wildman–Crippen MR) is 90.5 cm³/mol. The fourth-order valence-electron chi connectivity index (χ4n) is 3.05. The Labute approximate surface area is 155 Å². The second kappa shape index (κ2) is 6.99. The molecule has 0 bridgehead atoms. The number of halogens is 3. The fraction of sp³-hybridized carbons (Fsp3) is 0.467. The third-order valence-electron chi connectivity index (χ3n) is 4.42. The Balaban J connectivity index is 1.87. The zero-order valence-electron chi connectivity index (χ0n) is 13.8. The van der Waals surface area contributed by atoms with Crippen molar-refractivity contribution in [2.45, 2.75) is 36.0 Å². The van der Waals surface area contributed by atoms with Gasteiger partial charge in [0.2, 0.25) is 5.91 Å². The van der Waals surface area contributed by atoms with Gasteiger partial charge in [0.1, 0.15) is 18.4 Å². The van der Waals surface area contributed by atoms with Gasteiger partial charge in [-0.1, -0.05) is 30.3 Å². The molecule has 12 heteroatoms. The normalized spacial score (nSPS) is 28.3. The van der Waals surface area contributed by atoms with E-state index in [0.29, 0.717) is 5.56 Å². The average molecular weight is 425 g/mol. The molecule has 2 N–H and O–H groups in total. The lowest BCUT2D eigenvalue weighted by Gasteiger charge is -2.49. The van der Waals surface area contributed by atoms with Crippen molar-refractivity contribution < 1.29 is 35.9 Å². The third kappa shape index (κ3) is 3.41. The number of rotatable bonds is 4. The van der Waals surface area contributed by atoms with Crippen LogP contribution in [0, 0.1) is 0 Å². The number of β-lactam (4-membered cyclic amide) rings is 1. The molecule has 1 aromatic rings. The molecule has 148 valence electrons. The summed E-state index contributed by atoms with van der Waals surface area (Å²) in [6.45, 7) is -0.252. The number of carbonyl (C=O) groups is 2. The summed E-state index contributed by atoms with van der Waals surface area (Å²) >= 11 is 0. The van der Waals surface area contributed by atoms with Crippen LogP contribution in [0.2, 0.25) is 0 Å². The molecule has 0 spiro atoms. The summed E-state index contributed by atoms with van der Waals surface area (Å²) in [6.07, 6.45) is -0.0200. The Kier molecular flexibility index (Phi) is 5.16. The summed E-state index contributed by atoms with van der Waals surface area (Å²) in [5.74, 6) is -2.34. The molecule has 2 heterocycles. The number of fused-ring (bicyclic) bond motifs is 1. The molecule has 4 unspecified atom stereocenters. The van der Waals surface area contributed by atoms with Crippen molar-refractivity contribution in [1.29, 1.82) is 0 Å². The molecule has 27 heavy (non-hydrogen) atoms. The van der Waals surface area contributed by atoms with Crippen molar-refractivity contribution >= 4 is 30.7 Å². The van der Waals surface area contributed by atoms with Gasteiger partial charge in [-0.25, -0.2) is 4.79 Å². The molecular formula is C15H16F3N2O5S2+. The molecule has 0 aromatic heterocycles. The number of hydrogen-bond donors (Lipinski definition) is 1.